The summed E-state index contributed by atoms with van der Waals surface area (Å²) in [6, 6.07) is 3.46. The maximum absolute atomic E-state index is 12.5. The first kappa shape index (κ1) is 15.3. The van der Waals surface area contributed by atoms with Crippen molar-refractivity contribution in [2.75, 3.05) is 13.1 Å². The van der Waals surface area contributed by atoms with Crippen LogP contribution < -0.4 is 0 Å². The van der Waals surface area contributed by atoms with Gasteiger partial charge in [-0.15, -0.1) is 22.9 Å². The molecule has 2 rings (SSSR count). The molecule has 1 fully saturated rings. The number of nitrogens with zero attached hydrogens (tertiary/aromatic N) is 1. The van der Waals surface area contributed by atoms with Crippen LogP contribution in [-0.2, 0) is 15.9 Å². The van der Waals surface area contributed by atoms with Crippen molar-refractivity contribution in [3.63, 3.8) is 0 Å². The minimum absolute atomic E-state index is 0.154. The Labute approximate surface area is 124 Å². The highest BCUT2D eigenvalue weighted by molar-refractivity contribution is 7.91. The van der Waals surface area contributed by atoms with E-state index in [0.717, 1.165) is 11.3 Å². The first-order valence-electron chi connectivity index (χ1n) is 6.40. The lowest BCUT2D eigenvalue weighted by Crippen LogP contribution is -2.30. The van der Waals surface area contributed by atoms with Crippen LogP contribution in [0.2, 0.25) is 0 Å². The molecular weight excluding hydrogens is 302 g/mol. The van der Waals surface area contributed by atoms with Crippen LogP contribution in [0.15, 0.2) is 16.3 Å². The Hall–Kier alpha value is -0.100. The molecule has 0 spiro atoms. The molecule has 0 aliphatic carbocycles. The van der Waals surface area contributed by atoms with Crippen LogP contribution in [0.4, 0.5) is 0 Å². The average Bonchev–Trinajstić information content (AvgIpc) is 2.98. The van der Waals surface area contributed by atoms with E-state index in [-0.39, 0.29) is 5.41 Å². The van der Waals surface area contributed by atoms with Crippen molar-refractivity contribution in [1.29, 1.82) is 0 Å². The fourth-order valence-electron chi connectivity index (χ4n) is 2.35. The van der Waals surface area contributed by atoms with Gasteiger partial charge in [0.15, 0.2) is 0 Å². The normalized spacial score (nSPS) is 22.0. The van der Waals surface area contributed by atoms with E-state index in [2.05, 4.69) is 20.8 Å². The standard InChI is InChI=1S/C13H20ClNO2S2/c1-13(2,3)10-6-7-15(9-10)19(16,17)12-5-4-11(8-14)18-12/h4-5,10H,6-9H2,1-3H3. The molecule has 0 aromatic carbocycles. The molecule has 1 aromatic heterocycles. The quantitative estimate of drug-likeness (QED) is 0.798. The molecule has 0 radical (unpaired) electrons. The summed E-state index contributed by atoms with van der Waals surface area (Å²) in [6.07, 6.45) is 0.941. The van der Waals surface area contributed by atoms with Gasteiger partial charge < -0.3 is 0 Å². The summed E-state index contributed by atoms with van der Waals surface area (Å²) in [5, 5.41) is 0. The number of sulfonamides is 1. The van der Waals surface area contributed by atoms with E-state index in [9.17, 15) is 8.42 Å². The second kappa shape index (κ2) is 5.35. The van der Waals surface area contributed by atoms with E-state index >= 15 is 0 Å². The topological polar surface area (TPSA) is 37.4 Å². The molecule has 6 heteroatoms. The zero-order valence-electron chi connectivity index (χ0n) is 11.5. The van der Waals surface area contributed by atoms with Gasteiger partial charge in [0.1, 0.15) is 4.21 Å². The Morgan fingerprint density at radius 2 is 2.11 bits per heavy atom. The smallest absolute Gasteiger partial charge is 0.206 e. The van der Waals surface area contributed by atoms with Gasteiger partial charge in [-0.25, -0.2) is 8.42 Å². The molecule has 1 aliphatic rings. The van der Waals surface area contributed by atoms with Gasteiger partial charge >= 0.3 is 0 Å². The first-order chi connectivity index (χ1) is 8.75. The van der Waals surface area contributed by atoms with Gasteiger partial charge in [0.05, 0.1) is 5.88 Å². The molecule has 0 bridgehead atoms. The summed E-state index contributed by atoms with van der Waals surface area (Å²) in [4.78, 5) is 0.895. The first-order valence-corrected chi connectivity index (χ1v) is 9.19. The molecule has 1 aromatic rings. The van der Waals surface area contributed by atoms with Gasteiger partial charge in [-0.1, -0.05) is 20.8 Å². The number of halogens is 1. The largest absolute Gasteiger partial charge is 0.252 e. The lowest BCUT2D eigenvalue weighted by Gasteiger charge is -2.26. The van der Waals surface area contributed by atoms with E-state index < -0.39 is 10.0 Å². The summed E-state index contributed by atoms with van der Waals surface area (Å²) in [7, 11) is -3.33. The number of rotatable bonds is 3. The molecule has 19 heavy (non-hydrogen) atoms. The minimum atomic E-state index is -3.33. The predicted octanol–water partition coefficient (Wildman–Crippen LogP) is 3.54. The Balaban J connectivity index is 2.18. The molecule has 0 saturated carbocycles. The Bertz CT molecular complexity index is 545. The summed E-state index contributed by atoms with van der Waals surface area (Å²) in [6.45, 7) is 7.76. The van der Waals surface area contributed by atoms with Crippen molar-refractivity contribution in [3.05, 3.63) is 17.0 Å². The molecule has 0 N–H and O–H groups in total. The van der Waals surface area contributed by atoms with Crippen LogP contribution in [-0.4, -0.2) is 25.8 Å². The van der Waals surface area contributed by atoms with Crippen LogP contribution in [0.1, 0.15) is 32.1 Å². The lowest BCUT2D eigenvalue weighted by molar-refractivity contribution is 0.252. The third kappa shape index (κ3) is 3.15. The van der Waals surface area contributed by atoms with Gasteiger partial charge in [-0.05, 0) is 29.9 Å². The molecule has 1 atom stereocenters. The van der Waals surface area contributed by atoms with Crippen LogP contribution in [0, 0.1) is 11.3 Å². The van der Waals surface area contributed by atoms with Gasteiger partial charge in [-0.3, -0.25) is 0 Å². The highest BCUT2D eigenvalue weighted by Gasteiger charge is 2.38. The van der Waals surface area contributed by atoms with E-state index in [4.69, 9.17) is 11.6 Å². The Morgan fingerprint density at radius 1 is 1.42 bits per heavy atom. The summed E-state index contributed by atoms with van der Waals surface area (Å²) in [5.74, 6) is 0.792. The van der Waals surface area contributed by atoms with Crippen molar-refractivity contribution in [1.82, 2.24) is 4.31 Å². The van der Waals surface area contributed by atoms with Crippen molar-refractivity contribution >= 4 is 33.0 Å². The van der Waals surface area contributed by atoms with E-state index in [1.165, 1.54) is 11.3 Å². The lowest BCUT2D eigenvalue weighted by atomic mass is 9.80. The number of thiophene rings is 1. The summed E-state index contributed by atoms with van der Waals surface area (Å²) in [5.41, 5.74) is 0.154. The van der Waals surface area contributed by atoms with Crippen LogP contribution in [0.25, 0.3) is 0 Å². The molecule has 1 unspecified atom stereocenters. The van der Waals surface area contributed by atoms with Crippen molar-refractivity contribution < 1.29 is 8.42 Å². The van der Waals surface area contributed by atoms with E-state index in [0.29, 0.717) is 29.1 Å². The highest BCUT2D eigenvalue weighted by Crippen LogP contribution is 2.36. The average molecular weight is 322 g/mol. The van der Waals surface area contributed by atoms with Crippen LogP contribution in [0.3, 0.4) is 0 Å². The summed E-state index contributed by atoms with van der Waals surface area (Å²) >= 11 is 7.01. The van der Waals surface area contributed by atoms with Gasteiger partial charge in [0.2, 0.25) is 0 Å². The Kier molecular flexibility index (Phi) is 4.31. The van der Waals surface area contributed by atoms with Gasteiger partial charge in [0.25, 0.3) is 10.0 Å². The molecular formula is C13H20ClNO2S2. The number of hydrogen-bond donors (Lipinski definition) is 0. The molecule has 3 nitrogen and oxygen atoms in total. The van der Waals surface area contributed by atoms with Crippen molar-refractivity contribution in [2.24, 2.45) is 11.3 Å². The molecule has 108 valence electrons. The maximum atomic E-state index is 12.5. The monoisotopic (exact) mass is 321 g/mol. The third-order valence-electron chi connectivity index (χ3n) is 3.74. The fourth-order valence-corrected chi connectivity index (χ4v) is 5.46. The van der Waals surface area contributed by atoms with E-state index in [1.807, 2.05) is 0 Å². The second-order valence-corrected chi connectivity index (χ2v) is 9.67. The van der Waals surface area contributed by atoms with Gasteiger partial charge in [0, 0.05) is 18.0 Å². The second-order valence-electron chi connectivity index (χ2n) is 6.07. The SMILES string of the molecule is CC(C)(C)C1CCN(S(=O)(=O)c2ccc(CCl)s2)C1. The maximum Gasteiger partial charge on any atom is 0.252 e. The molecule has 0 amide bonds. The number of hydrogen-bond acceptors (Lipinski definition) is 3. The predicted molar refractivity (Wildman–Crippen MR) is 80.2 cm³/mol. The van der Waals surface area contributed by atoms with Crippen LogP contribution in [0.5, 0.6) is 0 Å². The van der Waals surface area contributed by atoms with E-state index in [1.54, 1.807) is 16.4 Å². The van der Waals surface area contributed by atoms with Crippen molar-refractivity contribution in [2.45, 2.75) is 37.3 Å². The molecule has 1 aliphatic heterocycles. The zero-order chi connectivity index (χ0) is 14.3. The fraction of sp³-hybridized carbons (Fsp3) is 0.692. The highest BCUT2D eigenvalue weighted by atomic mass is 35.5. The van der Waals surface area contributed by atoms with Crippen molar-refractivity contribution in [3.8, 4) is 0 Å². The minimum Gasteiger partial charge on any atom is -0.206 e. The molecule has 2 heterocycles. The zero-order valence-corrected chi connectivity index (χ0v) is 13.9. The summed E-state index contributed by atoms with van der Waals surface area (Å²) < 4.78 is 27.1. The van der Waals surface area contributed by atoms with Gasteiger partial charge in [-0.2, -0.15) is 4.31 Å². The third-order valence-corrected chi connectivity index (χ3v) is 7.60. The number of alkyl halides is 1. The van der Waals surface area contributed by atoms with Crippen LogP contribution >= 0.6 is 22.9 Å². The Morgan fingerprint density at radius 3 is 2.58 bits per heavy atom. The molecule has 1 saturated heterocycles.